The summed E-state index contributed by atoms with van der Waals surface area (Å²) >= 11 is 0. The molecule has 0 amide bonds. The maximum atomic E-state index is 5.22. The monoisotopic (exact) mass is 129 g/mol. The topological polar surface area (TPSA) is 0 Å². The maximum Gasteiger partial charge on any atom is 0.0248 e. The Morgan fingerprint density at radius 1 is 1.30 bits per heavy atom. The normalized spacial score (nSPS) is 8.90. The van der Waals surface area contributed by atoms with Crippen LogP contribution >= 0.6 is 0 Å². The van der Waals surface area contributed by atoms with E-state index in [1.165, 1.54) is 0 Å². The Balaban J connectivity index is 3.22. The van der Waals surface area contributed by atoms with Gasteiger partial charge in [0.05, 0.1) is 0 Å². The summed E-state index contributed by atoms with van der Waals surface area (Å²) in [6.07, 6.45) is 5.22. The van der Waals surface area contributed by atoms with Crippen LogP contribution in [0.2, 0.25) is 0 Å². The Hall–Kier alpha value is -1.22. The zero-order chi connectivity index (χ0) is 7.56. The van der Waals surface area contributed by atoms with E-state index in [0.29, 0.717) is 0 Å². The number of terminal acetylenes is 1. The first kappa shape index (κ1) is 6.89. The Bertz CT molecular complexity index is 256. The largest absolute Gasteiger partial charge is 0.115 e. The Morgan fingerprint density at radius 2 is 1.80 bits per heavy atom. The van der Waals surface area contributed by atoms with Crippen molar-refractivity contribution in [2.24, 2.45) is 0 Å². The van der Waals surface area contributed by atoms with Crippen LogP contribution in [0.15, 0.2) is 12.1 Å². The first-order chi connectivity index (χ1) is 4.72. The predicted octanol–water partition coefficient (Wildman–Crippen LogP) is 2.08. The van der Waals surface area contributed by atoms with Crippen LogP contribution in [0.1, 0.15) is 16.7 Å². The van der Waals surface area contributed by atoms with E-state index >= 15 is 0 Å². The maximum absolute atomic E-state index is 5.22. The molecule has 0 fully saturated rings. The number of benzene rings is 1. The fourth-order valence-corrected chi connectivity index (χ4v) is 0.975. The van der Waals surface area contributed by atoms with Crippen molar-refractivity contribution in [3.8, 4) is 12.3 Å². The third-order valence-electron chi connectivity index (χ3n) is 1.31. The van der Waals surface area contributed by atoms with E-state index in [-0.39, 0.29) is 0 Å². The van der Waals surface area contributed by atoms with Gasteiger partial charge < -0.3 is 0 Å². The zero-order valence-corrected chi connectivity index (χ0v) is 6.23. The lowest BCUT2D eigenvalue weighted by atomic mass is 10.1. The molecule has 0 spiro atoms. The third-order valence-corrected chi connectivity index (χ3v) is 1.31. The second-order valence-electron chi connectivity index (χ2n) is 2.38. The van der Waals surface area contributed by atoms with E-state index in [1.807, 2.05) is 26.0 Å². The number of hydrogen-bond acceptors (Lipinski definition) is 0. The van der Waals surface area contributed by atoms with Crippen LogP contribution < -0.4 is 0 Å². The van der Waals surface area contributed by atoms with Crippen molar-refractivity contribution in [1.82, 2.24) is 0 Å². The van der Waals surface area contributed by atoms with Crippen LogP contribution in [0, 0.1) is 32.3 Å². The summed E-state index contributed by atoms with van der Waals surface area (Å²) in [4.78, 5) is 0. The molecule has 1 aromatic rings. The van der Waals surface area contributed by atoms with Crippen molar-refractivity contribution in [1.29, 1.82) is 0 Å². The third kappa shape index (κ3) is 1.39. The average Bonchev–Trinajstić information content (AvgIpc) is 1.85. The zero-order valence-electron chi connectivity index (χ0n) is 6.23. The number of hydrogen-bond donors (Lipinski definition) is 0. The second-order valence-corrected chi connectivity index (χ2v) is 2.38. The number of aryl methyl sites for hydroxylation is 2. The molecule has 0 saturated carbocycles. The van der Waals surface area contributed by atoms with Gasteiger partial charge in [-0.3, -0.25) is 0 Å². The summed E-state index contributed by atoms with van der Waals surface area (Å²) in [5.74, 6) is 2.59. The summed E-state index contributed by atoms with van der Waals surface area (Å²) < 4.78 is 0. The molecule has 0 nitrogen and oxygen atoms in total. The molecule has 0 aliphatic carbocycles. The number of rotatable bonds is 0. The van der Waals surface area contributed by atoms with Crippen LogP contribution in [-0.2, 0) is 0 Å². The van der Waals surface area contributed by atoms with Crippen molar-refractivity contribution in [2.75, 3.05) is 0 Å². The van der Waals surface area contributed by atoms with E-state index in [9.17, 15) is 0 Å². The van der Waals surface area contributed by atoms with Gasteiger partial charge in [-0.2, -0.15) is 0 Å². The van der Waals surface area contributed by atoms with Gasteiger partial charge in [0.2, 0.25) is 0 Å². The summed E-state index contributed by atoms with van der Waals surface area (Å²) in [5.41, 5.74) is 3.15. The molecule has 10 heavy (non-hydrogen) atoms. The fraction of sp³-hybridized carbons (Fsp3) is 0.200. The molecule has 1 aromatic carbocycles. The molecule has 49 valence electrons. The minimum Gasteiger partial charge on any atom is -0.115 e. The molecule has 0 saturated heterocycles. The lowest BCUT2D eigenvalue weighted by Crippen LogP contribution is -1.80. The van der Waals surface area contributed by atoms with Gasteiger partial charge >= 0.3 is 0 Å². The van der Waals surface area contributed by atoms with Gasteiger partial charge in [0, 0.05) is 5.56 Å². The highest BCUT2D eigenvalue weighted by Gasteiger charge is 1.90. The molecule has 1 rings (SSSR count). The van der Waals surface area contributed by atoms with Crippen LogP contribution in [0.3, 0.4) is 0 Å². The minimum atomic E-state index is 0.939. The quantitative estimate of drug-likeness (QED) is 0.470. The molecular formula is C10H9. The highest BCUT2D eigenvalue weighted by Crippen LogP contribution is 2.05. The lowest BCUT2D eigenvalue weighted by Gasteiger charge is -1.95. The van der Waals surface area contributed by atoms with Gasteiger partial charge in [0.25, 0.3) is 0 Å². The average molecular weight is 129 g/mol. The van der Waals surface area contributed by atoms with Crippen molar-refractivity contribution < 1.29 is 0 Å². The van der Waals surface area contributed by atoms with Crippen LogP contribution in [0.4, 0.5) is 0 Å². The van der Waals surface area contributed by atoms with Gasteiger partial charge in [-0.25, -0.2) is 0 Å². The van der Waals surface area contributed by atoms with Gasteiger partial charge in [-0.05, 0) is 43.2 Å². The van der Waals surface area contributed by atoms with E-state index in [1.54, 1.807) is 0 Å². The van der Waals surface area contributed by atoms with E-state index in [4.69, 9.17) is 6.42 Å². The van der Waals surface area contributed by atoms with Gasteiger partial charge in [-0.15, -0.1) is 6.42 Å². The molecule has 0 heterocycles. The fourth-order valence-electron chi connectivity index (χ4n) is 0.975. The minimum absolute atomic E-state index is 0.939. The molecule has 0 heteroatoms. The first-order valence-corrected chi connectivity index (χ1v) is 3.19. The molecule has 0 bridgehead atoms. The van der Waals surface area contributed by atoms with Crippen molar-refractivity contribution in [2.45, 2.75) is 13.8 Å². The molecule has 0 atom stereocenters. The Kier molecular flexibility index (Phi) is 1.78. The molecule has 0 aliphatic rings. The lowest BCUT2D eigenvalue weighted by molar-refractivity contribution is 1.36. The standard InChI is InChI=1S/C10H9/c1-4-10-6-8(2)5-9(3)7-10/h1,6-7H,2-3H3. The molecule has 0 unspecified atom stereocenters. The smallest absolute Gasteiger partial charge is 0.0248 e. The van der Waals surface area contributed by atoms with Crippen LogP contribution in [0.5, 0.6) is 0 Å². The Morgan fingerprint density at radius 3 is 2.20 bits per heavy atom. The molecular weight excluding hydrogens is 120 g/mol. The van der Waals surface area contributed by atoms with Crippen molar-refractivity contribution in [3.63, 3.8) is 0 Å². The van der Waals surface area contributed by atoms with Crippen molar-refractivity contribution in [3.05, 3.63) is 34.9 Å². The SMILES string of the molecule is C#Cc1cc(C)[c]c(C)c1. The van der Waals surface area contributed by atoms with Crippen LogP contribution in [-0.4, -0.2) is 0 Å². The van der Waals surface area contributed by atoms with Crippen LogP contribution in [0.25, 0.3) is 0 Å². The molecule has 0 aliphatic heterocycles. The summed E-state index contributed by atoms with van der Waals surface area (Å²) in [6.45, 7) is 3.99. The molecule has 1 radical (unpaired) electrons. The highest BCUT2D eigenvalue weighted by molar-refractivity contribution is 5.37. The predicted molar refractivity (Wildman–Crippen MR) is 42.7 cm³/mol. The molecule has 0 N–H and O–H groups in total. The van der Waals surface area contributed by atoms with E-state index < -0.39 is 0 Å². The van der Waals surface area contributed by atoms with Gasteiger partial charge in [-0.1, -0.05) is 5.92 Å². The summed E-state index contributed by atoms with van der Waals surface area (Å²) in [7, 11) is 0. The summed E-state index contributed by atoms with van der Waals surface area (Å²) in [5, 5.41) is 0. The highest BCUT2D eigenvalue weighted by atomic mass is 13.9. The second kappa shape index (κ2) is 2.58. The van der Waals surface area contributed by atoms with E-state index in [2.05, 4.69) is 12.0 Å². The first-order valence-electron chi connectivity index (χ1n) is 3.19. The molecule has 0 aromatic heterocycles. The van der Waals surface area contributed by atoms with Gasteiger partial charge in [0.1, 0.15) is 0 Å². The van der Waals surface area contributed by atoms with Crippen molar-refractivity contribution >= 4 is 0 Å². The summed E-state index contributed by atoms with van der Waals surface area (Å²) in [6, 6.07) is 7.05. The Labute approximate surface area is 61.9 Å². The van der Waals surface area contributed by atoms with Gasteiger partial charge in [0.15, 0.2) is 0 Å². The van der Waals surface area contributed by atoms with E-state index in [0.717, 1.165) is 16.7 Å².